The van der Waals surface area contributed by atoms with Crippen LogP contribution in [0.3, 0.4) is 0 Å². The van der Waals surface area contributed by atoms with Crippen molar-refractivity contribution in [3.8, 4) is 0 Å². The van der Waals surface area contributed by atoms with E-state index in [0.717, 1.165) is 31.6 Å². The Kier molecular flexibility index (Phi) is 3.84. The Balaban J connectivity index is 1.67. The third kappa shape index (κ3) is 2.51. The van der Waals surface area contributed by atoms with Gasteiger partial charge in [-0.1, -0.05) is 6.92 Å². The van der Waals surface area contributed by atoms with Gasteiger partial charge >= 0.3 is 12.0 Å². The molecule has 2 amide bonds. The van der Waals surface area contributed by atoms with Crippen molar-refractivity contribution in [1.29, 1.82) is 0 Å². The highest BCUT2D eigenvalue weighted by atomic mass is 16.4. The average molecular weight is 294 g/mol. The molecular formula is C16H26N2O3. The van der Waals surface area contributed by atoms with Crippen LogP contribution in [0.4, 0.5) is 4.79 Å². The standard InChI is InChI=1S/C16H26N2O3/c1-10-3-5-11(6-4-10)17(2)16(21)18-12-7-8-14(18)13(9-12)15(19)20/h10-14H,3-9H2,1-2H3,(H,19,20). The fraction of sp³-hybridized carbons (Fsp3) is 0.875. The van der Waals surface area contributed by atoms with Crippen LogP contribution in [0.25, 0.3) is 0 Å². The van der Waals surface area contributed by atoms with Crippen molar-refractivity contribution in [3.05, 3.63) is 0 Å². The molecule has 2 saturated heterocycles. The van der Waals surface area contributed by atoms with Gasteiger partial charge in [0, 0.05) is 25.2 Å². The normalized spacial score (nSPS) is 38.6. The highest BCUT2D eigenvalue weighted by Crippen LogP contribution is 2.42. The summed E-state index contributed by atoms with van der Waals surface area (Å²) in [6.07, 6.45) is 6.99. The second-order valence-corrected chi connectivity index (χ2v) is 7.19. The summed E-state index contributed by atoms with van der Waals surface area (Å²) in [5, 5.41) is 9.30. The van der Waals surface area contributed by atoms with Gasteiger partial charge in [-0.3, -0.25) is 4.79 Å². The maximum absolute atomic E-state index is 12.8. The summed E-state index contributed by atoms with van der Waals surface area (Å²) in [4.78, 5) is 27.9. The number of aliphatic carboxylic acids is 1. The van der Waals surface area contributed by atoms with Crippen molar-refractivity contribution in [3.63, 3.8) is 0 Å². The molecule has 3 fully saturated rings. The maximum atomic E-state index is 12.8. The number of carboxylic acids is 1. The zero-order valence-corrected chi connectivity index (χ0v) is 13.0. The van der Waals surface area contributed by atoms with Gasteiger partial charge in [0.1, 0.15) is 0 Å². The molecule has 0 spiro atoms. The molecule has 1 aliphatic carbocycles. The zero-order chi connectivity index (χ0) is 15.1. The van der Waals surface area contributed by atoms with E-state index in [1.165, 1.54) is 12.8 Å². The lowest BCUT2D eigenvalue weighted by atomic mass is 9.87. The first-order valence-electron chi connectivity index (χ1n) is 8.27. The van der Waals surface area contributed by atoms with Crippen LogP contribution < -0.4 is 0 Å². The molecule has 5 heteroatoms. The monoisotopic (exact) mass is 294 g/mol. The molecular weight excluding hydrogens is 268 g/mol. The van der Waals surface area contributed by atoms with Crippen LogP contribution in [0, 0.1) is 11.8 Å². The van der Waals surface area contributed by atoms with Crippen molar-refractivity contribution in [2.24, 2.45) is 11.8 Å². The summed E-state index contributed by atoms with van der Waals surface area (Å²) in [5.74, 6) is -0.328. The van der Waals surface area contributed by atoms with E-state index in [1.807, 2.05) is 16.8 Å². The molecule has 0 aromatic carbocycles. The van der Waals surface area contributed by atoms with Crippen molar-refractivity contribution < 1.29 is 14.7 Å². The number of hydrogen-bond donors (Lipinski definition) is 1. The Morgan fingerprint density at radius 1 is 1.10 bits per heavy atom. The van der Waals surface area contributed by atoms with E-state index in [-0.39, 0.29) is 24.0 Å². The second-order valence-electron chi connectivity index (χ2n) is 7.19. The topological polar surface area (TPSA) is 60.9 Å². The molecule has 0 aromatic rings. The smallest absolute Gasteiger partial charge is 0.320 e. The lowest BCUT2D eigenvalue weighted by Crippen LogP contribution is -2.49. The molecule has 3 aliphatic rings. The van der Waals surface area contributed by atoms with E-state index in [1.54, 1.807) is 0 Å². The van der Waals surface area contributed by atoms with Gasteiger partial charge < -0.3 is 14.9 Å². The first-order valence-corrected chi connectivity index (χ1v) is 8.27. The van der Waals surface area contributed by atoms with Crippen LogP contribution in [0.5, 0.6) is 0 Å². The predicted molar refractivity (Wildman–Crippen MR) is 79.0 cm³/mol. The Morgan fingerprint density at radius 2 is 1.76 bits per heavy atom. The summed E-state index contributed by atoms with van der Waals surface area (Å²) >= 11 is 0. The summed E-state index contributed by atoms with van der Waals surface area (Å²) in [6.45, 7) is 2.27. The van der Waals surface area contributed by atoms with Crippen molar-refractivity contribution in [2.75, 3.05) is 7.05 Å². The van der Waals surface area contributed by atoms with Gasteiger partial charge in [0.25, 0.3) is 0 Å². The molecule has 118 valence electrons. The highest BCUT2D eigenvalue weighted by Gasteiger charge is 2.52. The molecule has 1 saturated carbocycles. The van der Waals surface area contributed by atoms with Crippen LogP contribution >= 0.6 is 0 Å². The summed E-state index contributed by atoms with van der Waals surface area (Å²) in [6, 6.07) is 0.460. The van der Waals surface area contributed by atoms with Crippen LogP contribution in [-0.4, -0.2) is 52.1 Å². The molecule has 2 bridgehead atoms. The number of carbonyl (C=O) groups excluding carboxylic acids is 1. The number of rotatable bonds is 2. The molecule has 2 heterocycles. The number of urea groups is 1. The molecule has 1 N–H and O–H groups in total. The number of nitrogens with zero attached hydrogens (tertiary/aromatic N) is 2. The lowest BCUT2D eigenvalue weighted by molar-refractivity contribution is -0.142. The maximum Gasteiger partial charge on any atom is 0.320 e. The predicted octanol–water partition coefficient (Wildman–Crippen LogP) is 2.55. The Hall–Kier alpha value is -1.26. The first kappa shape index (κ1) is 14.7. The zero-order valence-electron chi connectivity index (χ0n) is 13.0. The van der Waals surface area contributed by atoms with Crippen molar-refractivity contribution in [1.82, 2.24) is 9.80 Å². The molecule has 3 atom stereocenters. The molecule has 3 unspecified atom stereocenters. The minimum Gasteiger partial charge on any atom is -0.481 e. The van der Waals surface area contributed by atoms with E-state index in [9.17, 15) is 14.7 Å². The Bertz CT molecular complexity index is 431. The van der Waals surface area contributed by atoms with E-state index >= 15 is 0 Å². The van der Waals surface area contributed by atoms with Gasteiger partial charge in [-0.05, 0) is 50.9 Å². The van der Waals surface area contributed by atoms with Gasteiger partial charge in [-0.15, -0.1) is 0 Å². The third-order valence-corrected chi connectivity index (χ3v) is 5.91. The minimum atomic E-state index is -0.742. The molecule has 21 heavy (non-hydrogen) atoms. The highest BCUT2D eigenvalue weighted by molar-refractivity contribution is 5.79. The molecule has 0 aromatic heterocycles. The summed E-state index contributed by atoms with van der Waals surface area (Å²) in [7, 11) is 1.90. The van der Waals surface area contributed by atoms with Gasteiger partial charge in [0.15, 0.2) is 0 Å². The third-order valence-electron chi connectivity index (χ3n) is 5.91. The van der Waals surface area contributed by atoms with Gasteiger partial charge in [-0.25, -0.2) is 4.79 Å². The van der Waals surface area contributed by atoms with E-state index in [2.05, 4.69) is 6.92 Å². The van der Waals surface area contributed by atoms with Crippen molar-refractivity contribution >= 4 is 12.0 Å². The largest absolute Gasteiger partial charge is 0.481 e. The summed E-state index contributed by atoms with van der Waals surface area (Å²) < 4.78 is 0. The number of fused-ring (bicyclic) bond motifs is 2. The molecule has 5 nitrogen and oxygen atoms in total. The second kappa shape index (κ2) is 5.50. The SMILES string of the molecule is CC1CCC(N(C)C(=O)N2C3CCC2C(C(=O)O)C3)CC1. The molecule has 2 aliphatic heterocycles. The van der Waals surface area contributed by atoms with Crippen LogP contribution in [0.15, 0.2) is 0 Å². The van der Waals surface area contributed by atoms with Gasteiger partial charge in [0.2, 0.25) is 0 Å². The number of carbonyl (C=O) groups is 2. The van der Waals surface area contributed by atoms with E-state index in [4.69, 9.17) is 0 Å². The Morgan fingerprint density at radius 3 is 2.33 bits per heavy atom. The number of hydrogen-bond acceptors (Lipinski definition) is 2. The first-order chi connectivity index (χ1) is 9.99. The van der Waals surface area contributed by atoms with Gasteiger partial charge in [0.05, 0.1) is 5.92 Å². The van der Waals surface area contributed by atoms with E-state index in [0.29, 0.717) is 12.5 Å². The van der Waals surface area contributed by atoms with Crippen LogP contribution in [-0.2, 0) is 4.79 Å². The molecule has 3 rings (SSSR count). The number of amides is 2. The number of carboxylic acid groups (broad SMARTS) is 1. The lowest BCUT2D eigenvalue weighted by Gasteiger charge is -2.37. The van der Waals surface area contributed by atoms with Crippen LogP contribution in [0.1, 0.15) is 51.9 Å². The summed E-state index contributed by atoms with van der Waals surface area (Å²) in [5.41, 5.74) is 0. The van der Waals surface area contributed by atoms with Crippen molar-refractivity contribution in [2.45, 2.75) is 70.0 Å². The quantitative estimate of drug-likeness (QED) is 0.851. The molecule has 0 radical (unpaired) electrons. The average Bonchev–Trinajstić information content (AvgIpc) is 3.04. The Labute approximate surface area is 126 Å². The van der Waals surface area contributed by atoms with Gasteiger partial charge in [-0.2, -0.15) is 0 Å². The van der Waals surface area contributed by atoms with E-state index < -0.39 is 5.97 Å². The fourth-order valence-corrected chi connectivity index (χ4v) is 4.52. The fourth-order valence-electron chi connectivity index (χ4n) is 4.52. The minimum absolute atomic E-state index is 0.0609. The van der Waals surface area contributed by atoms with Crippen LogP contribution in [0.2, 0.25) is 0 Å².